The summed E-state index contributed by atoms with van der Waals surface area (Å²) in [5.41, 5.74) is -0.983. The van der Waals surface area contributed by atoms with Crippen molar-refractivity contribution in [3.8, 4) is 0 Å². The molecule has 2 rings (SSSR count). The van der Waals surface area contributed by atoms with Crippen molar-refractivity contribution in [1.29, 1.82) is 0 Å². The molecule has 0 radical (unpaired) electrons. The molecule has 4 N–H and O–H groups in total. The fourth-order valence-electron chi connectivity index (χ4n) is 2.39. The number of hydrogen-bond donors (Lipinski definition) is 4. The Bertz CT molecular complexity index is 948. The molecule has 0 fully saturated rings. The van der Waals surface area contributed by atoms with Gasteiger partial charge in [-0.25, -0.2) is 4.79 Å². The molecule has 2 aromatic rings. The number of nitro groups is 1. The van der Waals surface area contributed by atoms with E-state index in [4.69, 9.17) is 0 Å². The number of H-pyrrole nitrogens is 1. The largest absolute Gasteiger partial charge is 0.394 e. The molecule has 11 nitrogen and oxygen atoms in total. The predicted octanol–water partition coefficient (Wildman–Crippen LogP) is -1.04. The lowest BCUT2D eigenvalue weighted by Crippen LogP contribution is -2.45. The van der Waals surface area contributed by atoms with Crippen molar-refractivity contribution in [2.24, 2.45) is 0 Å². The minimum atomic E-state index is -1.33. The van der Waals surface area contributed by atoms with Gasteiger partial charge in [0.05, 0.1) is 17.6 Å². The first-order chi connectivity index (χ1) is 12.7. The number of amides is 1. The van der Waals surface area contributed by atoms with Gasteiger partial charge in [-0.15, -0.1) is 0 Å². The molecule has 0 aliphatic rings. The van der Waals surface area contributed by atoms with Gasteiger partial charge in [0.2, 0.25) is 5.91 Å². The maximum atomic E-state index is 12.1. The Morgan fingerprint density at radius 1 is 1.33 bits per heavy atom. The number of hydrogen-bond acceptors (Lipinski definition) is 7. The summed E-state index contributed by atoms with van der Waals surface area (Å²) >= 11 is 0. The zero-order chi connectivity index (χ0) is 20.1. The van der Waals surface area contributed by atoms with E-state index in [-0.39, 0.29) is 16.8 Å². The molecule has 1 amide bonds. The smallest absolute Gasteiger partial charge is 0.328 e. The first-order valence-electron chi connectivity index (χ1n) is 7.86. The van der Waals surface area contributed by atoms with Crippen LogP contribution in [0.2, 0.25) is 0 Å². The molecule has 27 heavy (non-hydrogen) atoms. The van der Waals surface area contributed by atoms with E-state index in [1.54, 1.807) is 0 Å². The number of nitro benzene ring substituents is 1. The Morgan fingerprint density at radius 2 is 1.96 bits per heavy atom. The molecule has 0 aliphatic heterocycles. The summed E-state index contributed by atoms with van der Waals surface area (Å²) in [6, 6.07) is 3.91. The second-order valence-electron chi connectivity index (χ2n) is 5.85. The predicted molar refractivity (Wildman–Crippen MR) is 93.1 cm³/mol. The van der Waals surface area contributed by atoms with Gasteiger partial charge in [0.25, 0.3) is 11.2 Å². The normalized spacial score (nSPS) is 13.0. The average molecular weight is 378 g/mol. The van der Waals surface area contributed by atoms with Crippen molar-refractivity contribution in [1.82, 2.24) is 14.9 Å². The number of benzene rings is 1. The highest BCUT2D eigenvalue weighted by atomic mass is 16.6. The highest BCUT2D eigenvalue weighted by Gasteiger charge is 2.23. The Labute approximate surface area is 152 Å². The Balaban J connectivity index is 2.10. The van der Waals surface area contributed by atoms with E-state index in [9.17, 15) is 34.7 Å². The van der Waals surface area contributed by atoms with E-state index in [1.165, 1.54) is 37.4 Å². The number of aliphatic hydroxyl groups is 2. The van der Waals surface area contributed by atoms with E-state index >= 15 is 0 Å². The van der Waals surface area contributed by atoms with Crippen molar-refractivity contribution in [2.45, 2.75) is 25.6 Å². The number of nitrogens with one attached hydrogen (secondary N) is 2. The molecular weight excluding hydrogens is 360 g/mol. The summed E-state index contributed by atoms with van der Waals surface area (Å²) in [4.78, 5) is 47.3. The van der Waals surface area contributed by atoms with Crippen LogP contribution in [0.5, 0.6) is 0 Å². The molecule has 0 saturated carbocycles. The summed E-state index contributed by atoms with van der Waals surface area (Å²) in [7, 11) is 0. The summed E-state index contributed by atoms with van der Waals surface area (Å²) in [6.07, 6.45) is -0.102. The molecule has 2 atom stereocenters. The molecule has 11 heteroatoms. The topological polar surface area (TPSA) is 168 Å². The van der Waals surface area contributed by atoms with E-state index in [2.05, 4.69) is 10.3 Å². The second kappa shape index (κ2) is 8.38. The van der Waals surface area contributed by atoms with E-state index in [1.807, 2.05) is 0 Å². The zero-order valence-corrected chi connectivity index (χ0v) is 14.3. The molecule has 0 saturated heterocycles. The van der Waals surface area contributed by atoms with Crippen LogP contribution in [0.15, 0.2) is 40.1 Å². The minimum absolute atomic E-state index is 0.164. The summed E-state index contributed by atoms with van der Waals surface area (Å²) in [6.45, 7) is 0.435. The highest BCUT2D eigenvalue weighted by molar-refractivity contribution is 5.76. The summed E-state index contributed by atoms with van der Waals surface area (Å²) in [5.74, 6) is -0.677. The molecule has 1 heterocycles. The average Bonchev–Trinajstić information content (AvgIpc) is 2.63. The lowest BCUT2D eigenvalue weighted by atomic mass is 10.0. The Hall–Kier alpha value is -3.31. The minimum Gasteiger partial charge on any atom is -0.394 e. The van der Waals surface area contributed by atoms with Gasteiger partial charge < -0.3 is 15.5 Å². The maximum absolute atomic E-state index is 12.1. The van der Waals surface area contributed by atoms with E-state index in [0.29, 0.717) is 0 Å². The standard InChI is InChI=1S/C16H18N4O7/c1-9-6-19(16(25)18-15(9)24)7-13(22)17-12(8-21)14(23)10-2-4-11(5-3-10)20(26)27/h2-6,12,14,21,23H,7-8H2,1H3,(H,17,22)(H,18,24,25)/t12-,14-/m1/s1. The molecule has 1 aromatic carbocycles. The lowest BCUT2D eigenvalue weighted by molar-refractivity contribution is -0.384. The van der Waals surface area contributed by atoms with Crippen molar-refractivity contribution in [3.63, 3.8) is 0 Å². The number of aromatic amines is 1. The van der Waals surface area contributed by atoms with Crippen LogP contribution in [-0.2, 0) is 11.3 Å². The third kappa shape index (κ3) is 4.86. The van der Waals surface area contributed by atoms with Crippen LogP contribution < -0.4 is 16.6 Å². The second-order valence-corrected chi connectivity index (χ2v) is 5.85. The van der Waals surface area contributed by atoms with E-state index < -0.39 is 47.4 Å². The van der Waals surface area contributed by atoms with Crippen LogP contribution in [-0.4, -0.2) is 43.2 Å². The Kier molecular flexibility index (Phi) is 6.21. The monoisotopic (exact) mass is 378 g/mol. The van der Waals surface area contributed by atoms with Crippen molar-refractivity contribution in [2.75, 3.05) is 6.61 Å². The van der Waals surface area contributed by atoms with Gasteiger partial charge in [-0.2, -0.15) is 0 Å². The first-order valence-corrected chi connectivity index (χ1v) is 7.86. The molecule has 1 aromatic heterocycles. The van der Waals surface area contributed by atoms with Crippen LogP contribution in [0.3, 0.4) is 0 Å². The summed E-state index contributed by atoms with van der Waals surface area (Å²) in [5, 5.41) is 32.8. The van der Waals surface area contributed by atoms with Gasteiger partial charge >= 0.3 is 5.69 Å². The van der Waals surface area contributed by atoms with Gasteiger partial charge in [-0.05, 0) is 24.6 Å². The molecule has 0 aliphatic carbocycles. The van der Waals surface area contributed by atoms with Crippen LogP contribution in [0.1, 0.15) is 17.2 Å². The summed E-state index contributed by atoms with van der Waals surface area (Å²) < 4.78 is 0.985. The molecule has 0 bridgehead atoms. The van der Waals surface area contributed by atoms with E-state index in [0.717, 1.165) is 4.57 Å². The van der Waals surface area contributed by atoms with Gasteiger partial charge in [-0.3, -0.25) is 29.3 Å². The van der Waals surface area contributed by atoms with Gasteiger partial charge in [0, 0.05) is 23.9 Å². The zero-order valence-electron chi connectivity index (χ0n) is 14.3. The number of aliphatic hydroxyl groups excluding tert-OH is 2. The maximum Gasteiger partial charge on any atom is 0.328 e. The number of nitrogens with zero attached hydrogens (tertiary/aromatic N) is 2. The van der Waals surface area contributed by atoms with Crippen LogP contribution in [0.25, 0.3) is 0 Å². The quantitative estimate of drug-likeness (QED) is 0.352. The number of non-ortho nitro benzene ring substituents is 1. The van der Waals surface area contributed by atoms with Crippen LogP contribution >= 0.6 is 0 Å². The lowest BCUT2D eigenvalue weighted by Gasteiger charge is -2.22. The number of carbonyl (C=O) groups is 1. The van der Waals surface area contributed by atoms with Gasteiger partial charge in [0.15, 0.2) is 0 Å². The third-order valence-electron chi connectivity index (χ3n) is 3.87. The van der Waals surface area contributed by atoms with Crippen molar-refractivity contribution >= 4 is 11.6 Å². The van der Waals surface area contributed by atoms with Gasteiger partial charge in [0.1, 0.15) is 12.6 Å². The molecule has 144 valence electrons. The number of carbonyl (C=O) groups excluding carboxylic acids is 1. The highest BCUT2D eigenvalue weighted by Crippen LogP contribution is 2.20. The van der Waals surface area contributed by atoms with Gasteiger partial charge in [-0.1, -0.05) is 0 Å². The van der Waals surface area contributed by atoms with Crippen LogP contribution in [0, 0.1) is 17.0 Å². The fraction of sp³-hybridized carbons (Fsp3) is 0.312. The third-order valence-corrected chi connectivity index (χ3v) is 3.87. The number of aromatic nitrogens is 2. The van der Waals surface area contributed by atoms with Crippen molar-refractivity contribution in [3.05, 3.63) is 72.5 Å². The first kappa shape index (κ1) is 20.0. The Morgan fingerprint density at radius 3 is 2.52 bits per heavy atom. The fourth-order valence-corrected chi connectivity index (χ4v) is 2.39. The van der Waals surface area contributed by atoms with Crippen LogP contribution in [0.4, 0.5) is 5.69 Å². The number of rotatable bonds is 7. The SMILES string of the molecule is Cc1cn(CC(=O)N[C@H](CO)[C@H](O)c2ccc([N+](=O)[O-])cc2)c(=O)[nH]c1=O. The molecule has 0 spiro atoms. The molecular formula is C16H18N4O7. The number of aryl methyl sites for hydroxylation is 1. The molecule has 0 unspecified atom stereocenters. The van der Waals surface area contributed by atoms with Crippen molar-refractivity contribution < 1.29 is 19.9 Å².